The number of carbonyl (C=O) groups is 3. The molecule has 0 aromatic heterocycles. The average Bonchev–Trinajstić information content (AvgIpc) is 3.01. The number of hydrogen-bond donors (Lipinski definition) is 2. The number of rotatable bonds is 13. The van der Waals surface area contributed by atoms with Crippen LogP contribution in [0.5, 0.6) is 0 Å². The maximum atomic E-state index is 13.7. The van der Waals surface area contributed by atoms with Crippen molar-refractivity contribution in [3.05, 3.63) is 64.2 Å². The highest BCUT2D eigenvalue weighted by molar-refractivity contribution is 7.90. The van der Waals surface area contributed by atoms with Crippen molar-refractivity contribution in [2.45, 2.75) is 62.7 Å². The van der Waals surface area contributed by atoms with Crippen LogP contribution in [0.25, 0.3) is 0 Å². The zero-order chi connectivity index (χ0) is 34.8. The van der Waals surface area contributed by atoms with Crippen LogP contribution in [-0.4, -0.2) is 96.4 Å². The minimum atomic E-state index is -3.76. The highest BCUT2D eigenvalue weighted by atomic mass is 35.5. The first-order chi connectivity index (χ1) is 22.1. The number of hydrogen-bond acceptors (Lipinski definition) is 9. The first kappa shape index (κ1) is 38.1. The van der Waals surface area contributed by atoms with Crippen LogP contribution in [0, 0.1) is 5.92 Å². The number of nitrogens with one attached hydrogen (secondary N) is 2. The summed E-state index contributed by atoms with van der Waals surface area (Å²) in [7, 11) is -0.872. The third-order valence-corrected chi connectivity index (χ3v) is 8.83. The Morgan fingerprint density at radius 3 is 2.47 bits per heavy atom. The van der Waals surface area contributed by atoms with Crippen LogP contribution in [-0.2, 0) is 28.8 Å². The molecule has 2 aromatic rings. The van der Waals surface area contributed by atoms with Gasteiger partial charge in [-0.3, -0.25) is 4.79 Å². The Labute approximate surface area is 282 Å². The number of nitrogens with zero attached hydrogens (tertiary/aromatic N) is 1. The van der Waals surface area contributed by atoms with E-state index in [-0.39, 0.29) is 36.1 Å². The fourth-order valence-corrected chi connectivity index (χ4v) is 6.02. The molecule has 0 spiro atoms. The van der Waals surface area contributed by atoms with Crippen molar-refractivity contribution in [3.63, 3.8) is 0 Å². The number of methoxy groups -OCH3 is 1. The average molecular weight is 696 g/mol. The number of likely N-dealkylation sites (N-methyl/N-ethyl adjacent to an activating group) is 1. The molecule has 0 saturated carbocycles. The van der Waals surface area contributed by atoms with Crippen molar-refractivity contribution in [2.24, 2.45) is 5.92 Å². The normalized spacial score (nSPS) is 16.4. The lowest BCUT2D eigenvalue weighted by atomic mass is 9.93. The molecule has 0 aliphatic carbocycles. The van der Waals surface area contributed by atoms with Crippen LogP contribution >= 0.6 is 11.6 Å². The van der Waals surface area contributed by atoms with E-state index in [1.807, 2.05) is 0 Å². The fraction of sp³-hybridized carbons (Fsp3) is 0.545. The molecular weight excluding hydrogens is 650 g/mol. The standard InChI is InChI=1S/C33H46ClN3O9S/c1-33(2,3)46-32(40)37(4)27(15-22-9-8-13-44-21-22)20-36-30(38)25-16-24(18-28(19-25)47(6,41)42)29(23-10-7-11-26(34)17-23)45-14-12-35-31(39)43-5/h7,10-11,16-19,22,27,29H,8-9,12-15,20-21H2,1-6H3,(H,35,39)(H,36,38). The first-order valence-corrected chi connectivity index (χ1v) is 17.7. The third-order valence-electron chi connectivity index (χ3n) is 7.50. The lowest BCUT2D eigenvalue weighted by Crippen LogP contribution is -2.48. The summed E-state index contributed by atoms with van der Waals surface area (Å²) in [5.41, 5.74) is 0.388. The Hall–Kier alpha value is -3.39. The Bertz CT molecular complexity index is 1490. The predicted molar refractivity (Wildman–Crippen MR) is 177 cm³/mol. The van der Waals surface area contributed by atoms with Gasteiger partial charge >= 0.3 is 12.2 Å². The van der Waals surface area contributed by atoms with Crippen LogP contribution in [0.4, 0.5) is 9.59 Å². The molecule has 3 rings (SSSR count). The van der Waals surface area contributed by atoms with Gasteiger partial charge in [0, 0.05) is 50.2 Å². The molecular formula is C33H46ClN3O9S. The summed E-state index contributed by atoms with van der Waals surface area (Å²) in [6.07, 6.45) is 1.51. The highest BCUT2D eigenvalue weighted by Crippen LogP contribution is 2.31. The molecule has 3 amide bonds. The molecule has 3 atom stereocenters. The van der Waals surface area contributed by atoms with Crippen LogP contribution in [0.15, 0.2) is 47.4 Å². The van der Waals surface area contributed by atoms with Crippen molar-refractivity contribution in [1.82, 2.24) is 15.5 Å². The van der Waals surface area contributed by atoms with Gasteiger partial charge in [-0.2, -0.15) is 0 Å². The molecule has 1 saturated heterocycles. The number of alkyl carbamates (subject to hydrolysis) is 1. The van der Waals surface area contributed by atoms with E-state index in [9.17, 15) is 22.8 Å². The van der Waals surface area contributed by atoms with E-state index < -0.39 is 45.7 Å². The van der Waals surface area contributed by atoms with E-state index >= 15 is 0 Å². The van der Waals surface area contributed by atoms with Crippen molar-refractivity contribution < 1.29 is 41.7 Å². The van der Waals surface area contributed by atoms with Gasteiger partial charge in [0.05, 0.1) is 24.7 Å². The monoisotopic (exact) mass is 695 g/mol. The topological polar surface area (TPSA) is 150 Å². The molecule has 1 heterocycles. The Balaban J connectivity index is 1.92. The summed E-state index contributed by atoms with van der Waals surface area (Å²) in [5, 5.41) is 5.88. The van der Waals surface area contributed by atoms with E-state index in [1.165, 1.54) is 24.1 Å². The molecule has 0 bridgehead atoms. The zero-order valence-corrected chi connectivity index (χ0v) is 29.4. The Morgan fingerprint density at radius 1 is 1.11 bits per heavy atom. The van der Waals surface area contributed by atoms with Gasteiger partial charge < -0.3 is 34.5 Å². The van der Waals surface area contributed by atoms with E-state index in [0.717, 1.165) is 19.1 Å². The molecule has 47 heavy (non-hydrogen) atoms. The predicted octanol–water partition coefficient (Wildman–Crippen LogP) is 4.99. The first-order valence-electron chi connectivity index (χ1n) is 15.4. The Kier molecular flexibility index (Phi) is 13.9. The molecule has 1 aliphatic heterocycles. The number of halogens is 1. The quantitative estimate of drug-likeness (QED) is 0.277. The molecule has 260 valence electrons. The summed E-state index contributed by atoms with van der Waals surface area (Å²) in [6.45, 7) is 6.86. The number of sulfone groups is 1. The molecule has 1 fully saturated rings. The smallest absolute Gasteiger partial charge is 0.410 e. The maximum Gasteiger partial charge on any atom is 0.410 e. The molecule has 14 heteroatoms. The molecule has 0 radical (unpaired) electrons. The van der Waals surface area contributed by atoms with Gasteiger partial charge in [-0.15, -0.1) is 0 Å². The summed E-state index contributed by atoms with van der Waals surface area (Å²) in [5.74, 6) is -0.337. The van der Waals surface area contributed by atoms with Gasteiger partial charge in [0.1, 0.15) is 11.7 Å². The summed E-state index contributed by atoms with van der Waals surface area (Å²) in [4.78, 5) is 39.6. The second kappa shape index (κ2) is 17.1. The van der Waals surface area contributed by atoms with Gasteiger partial charge in [0.15, 0.2) is 9.84 Å². The number of ether oxygens (including phenoxy) is 4. The fourth-order valence-electron chi connectivity index (χ4n) is 5.13. The van der Waals surface area contributed by atoms with Crippen molar-refractivity contribution in [2.75, 3.05) is 53.3 Å². The van der Waals surface area contributed by atoms with Crippen LogP contribution in [0.1, 0.15) is 67.6 Å². The highest BCUT2D eigenvalue weighted by Gasteiger charge is 2.29. The minimum absolute atomic E-state index is 0.0421. The summed E-state index contributed by atoms with van der Waals surface area (Å²) in [6, 6.07) is 10.8. The lowest BCUT2D eigenvalue weighted by Gasteiger charge is -2.34. The molecule has 1 aliphatic rings. The van der Waals surface area contributed by atoms with Gasteiger partial charge in [-0.05, 0) is 87.4 Å². The van der Waals surface area contributed by atoms with Crippen LogP contribution in [0.2, 0.25) is 5.02 Å². The van der Waals surface area contributed by atoms with Crippen molar-refractivity contribution >= 4 is 39.5 Å². The van der Waals surface area contributed by atoms with E-state index in [0.29, 0.717) is 35.8 Å². The number of amides is 3. The second-order valence-corrected chi connectivity index (χ2v) is 15.0. The largest absolute Gasteiger partial charge is 0.453 e. The summed E-state index contributed by atoms with van der Waals surface area (Å²) >= 11 is 6.27. The Morgan fingerprint density at radius 2 is 1.85 bits per heavy atom. The molecule has 3 unspecified atom stereocenters. The van der Waals surface area contributed by atoms with Gasteiger partial charge in [-0.1, -0.05) is 23.7 Å². The molecule has 12 nitrogen and oxygen atoms in total. The van der Waals surface area contributed by atoms with E-state index in [4.69, 9.17) is 25.8 Å². The third kappa shape index (κ3) is 12.3. The maximum absolute atomic E-state index is 13.7. The summed E-state index contributed by atoms with van der Waals surface area (Å²) < 4.78 is 47.5. The van der Waals surface area contributed by atoms with Crippen molar-refractivity contribution in [1.29, 1.82) is 0 Å². The lowest BCUT2D eigenvalue weighted by molar-refractivity contribution is 0.0112. The number of benzene rings is 2. The number of carbonyl (C=O) groups excluding carboxylic acids is 3. The second-order valence-electron chi connectivity index (χ2n) is 12.6. The molecule has 2 N–H and O–H groups in total. The van der Waals surface area contributed by atoms with Gasteiger partial charge in [0.25, 0.3) is 5.91 Å². The van der Waals surface area contributed by atoms with E-state index in [1.54, 1.807) is 58.2 Å². The minimum Gasteiger partial charge on any atom is -0.453 e. The molecule has 2 aromatic carbocycles. The van der Waals surface area contributed by atoms with Crippen molar-refractivity contribution in [3.8, 4) is 0 Å². The van der Waals surface area contributed by atoms with Gasteiger partial charge in [-0.25, -0.2) is 18.0 Å². The zero-order valence-electron chi connectivity index (χ0n) is 27.8. The van der Waals surface area contributed by atoms with E-state index in [2.05, 4.69) is 15.4 Å². The van der Waals surface area contributed by atoms with Crippen LogP contribution < -0.4 is 10.6 Å². The SMILES string of the molecule is COC(=O)NCCOC(c1cccc(Cl)c1)c1cc(C(=O)NCC(CC2CCCOC2)N(C)C(=O)OC(C)(C)C)cc(S(C)(=O)=O)c1. The van der Waals surface area contributed by atoms with Crippen LogP contribution in [0.3, 0.4) is 0 Å². The van der Waals surface area contributed by atoms with Gasteiger partial charge in [0.2, 0.25) is 0 Å².